The maximum Gasteiger partial charge on any atom is 0.257 e. The van der Waals surface area contributed by atoms with Gasteiger partial charge < -0.3 is 0 Å². The molecule has 0 radical (unpaired) electrons. The lowest BCUT2D eigenvalue weighted by Gasteiger charge is -2.29. The Bertz CT molecular complexity index is 899. The van der Waals surface area contributed by atoms with E-state index >= 15 is 0 Å². The molecule has 0 atom stereocenters. The summed E-state index contributed by atoms with van der Waals surface area (Å²) in [6.45, 7) is 7.24. The van der Waals surface area contributed by atoms with Crippen LogP contribution in [-0.2, 0) is 10.0 Å². The summed E-state index contributed by atoms with van der Waals surface area (Å²) in [5, 5.41) is 12.0. The highest BCUT2D eigenvalue weighted by Gasteiger charge is 2.28. The van der Waals surface area contributed by atoms with Gasteiger partial charge in [-0.25, -0.2) is 8.42 Å². The molecule has 1 aliphatic heterocycles. The second-order valence-corrected chi connectivity index (χ2v) is 10.1. The SMILES string of the molecule is CC1CCN(S(=O)(=O)c2ccc(C(=O)Nc3nnc(C(C)C)s3)cc2)CC1. The normalized spacial score (nSPS) is 16.6. The molecule has 1 saturated heterocycles. The second-order valence-electron chi connectivity index (χ2n) is 7.17. The second kappa shape index (κ2) is 8.04. The van der Waals surface area contributed by atoms with Crippen molar-refractivity contribution in [2.45, 2.75) is 44.4 Å². The molecule has 2 heterocycles. The third kappa shape index (κ3) is 4.53. The topological polar surface area (TPSA) is 92.3 Å². The van der Waals surface area contributed by atoms with E-state index in [1.165, 1.54) is 39.9 Å². The number of amides is 1. The van der Waals surface area contributed by atoms with Gasteiger partial charge in [-0.05, 0) is 43.0 Å². The van der Waals surface area contributed by atoms with Gasteiger partial charge in [-0.1, -0.05) is 32.1 Å². The molecule has 1 amide bonds. The molecule has 0 aliphatic carbocycles. The number of hydrogen-bond donors (Lipinski definition) is 1. The summed E-state index contributed by atoms with van der Waals surface area (Å²) in [6.07, 6.45) is 1.75. The lowest BCUT2D eigenvalue weighted by Crippen LogP contribution is -2.37. The summed E-state index contributed by atoms with van der Waals surface area (Å²) in [7, 11) is -3.51. The maximum absolute atomic E-state index is 12.7. The number of aromatic nitrogens is 2. The number of nitrogens with zero attached hydrogens (tertiary/aromatic N) is 3. The van der Waals surface area contributed by atoms with Gasteiger partial charge in [0.25, 0.3) is 5.91 Å². The van der Waals surface area contributed by atoms with E-state index in [4.69, 9.17) is 0 Å². The minimum absolute atomic E-state index is 0.214. The van der Waals surface area contributed by atoms with Crippen LogP contribution in [0, 0.1) is 5.92 Å². The lowest BCUT2D eigenvalue weighted by molar-refractivity contribution is 0.102. The van der Waals surface area contributed by atoms with Crippen molar-refractivity contribution >= 4 is 32.4 Å². The van der Waals surface area contributed by atoms with Gasteiger partial charge in [-0.2, -0.15) is 4.31 Å². The van der Waals surface area contributed by atoms with Crippen molar-refractivity contribution in [3.63, 3.8) is 0 Å². The Morgan fingerprint density at radius 1 is 1.19 bits per heavy atom. The number of rotatable bonds is 5. The molecule has 1 aromatic carbocycles. The number of carbonyl (C=O) groups excluding carboxylic acids is 1. The van der Waals surface area contributed by atoms with Gasteiger partial charge >= 0.3 is 0 Å². The number of carbonyl (C=O) groups is 1. The molecule has 2 aromatic rings. The van der Waals surface area contributed by atoms with E-state index in [9.17, 15) is 13.2 Å². The van der Waals surface area contributed by atoms with Crippen LogP contribution in [0.2, 0.25) is 0 Å². The zero-order valence-electron chi connectivity index (χ0n) is 15.7. The summed E-state index contributed by atoms with van der Waals surface area (Å²) in [5.74, 6) is 0.465. The molecule has 0 spiro atoms. The Balaban J connectivity index is 1.69. The van der Waals surface area contributed by atoms with E-state index in [-0.39, 0.29) is 16.7 Å². The van der Waals surface area contributed by atoms with Crippen LogP contribution in [0.3, 0.4) is 0 Å². The van der Waals surface area contributed by atoms with Crippen LogP contribution in [0.25, 0.3) is 0 Å². The highest BCUT2D eigenvalue weighted by molar-refractivity contribution is 7.89. The lowest BCUT2D eigenvalue weighted by atomic mass is 10.0. The Hall–Kier alpha value is -1.84. The number of benzene rings is 1. The quantitative estimate of drug-likeness (QED) is 0.819. The molecule has 3 rings (SSSR count). The molecule has 0 unspecified atom stereocenters. The molecular formula is C18H24N4O3S2. The summed E-state index contributed by atoms with van der Waals surface area (Å²) in [6, 6.07) is 6.03. The zero-order valence-corrected chi connectivity index (χ0v) is 17.3. The van der Waals surface area contributed by atoms with Crippen molar-refractivity contribution in [2.75, 3.05) is 18.4 Å². The van der Waals surface area contributed by atoms with Crippen molar-refractivity contribution in [3.8, 4) is 0 Å². The van der Waals surface area contributed by atoms with Crippen LogP contribution in [0.1, 0.15) is 54.9 Å². The Morgan fingerprint density at radius 2 is 1.81 bits per heavy atom. The van der Waals surface area contributed by atoms with Crippen molar-refractivity contribution in [1.29, 1.82) is 0 Å². The third-order valence-electron chi connectivity index (χ3n) is 4.65. The Labute approximate surface area is 163 Å². The molecule has 7 nitrogen and oxygen atoms in total. The monoisotopic (exact) mass is 408 g/mol. The van der Waals surface area contributed by atoms with E-state index in [0.29, 0.717) is 29.7 Å². The molecule has 1 aliphatic rings. The van der Waals surface area contributed by atoms with Gasteiger partial charge in [0.05, 0.1) is 4.90 Å². The fraction of sp³-hybridized carbons (Fsp3) is 0.500. The van der Waals surface area contributed by atoms with Crippen LogP contribution < -0.4 is 5.32 Å². The molecular weight excluding hydrogens is 384 g/mol. The summed E-state index contributed by atoms with van der Waals surface area (Å²) in [5.41, 5.74) is 0.377. The highest BCUT2D eigenvalue weighted by atomic mass is 32.2. The first kappa shape index (κ1) is 19.9. The largest absolute Gasteiger partial charge is 0.296 e. The van der Waals surface area contributed by atoms with Crippen molar-refractivity contribution < 1.29 is 13.2 Å². The fourth-order valence-corrected chi connectivity index (χ4v) is 5.05. The molecule has 9 heteroatoms. The number of nitrogens with one attached hydrogen (secondary N) is 1. The summed E-state index contributed by atoms with van der Waals surface area (Å²) in [4.78, 5) is 12.6. The predicted molar refractivity (Wildman–Crippen MR) is 106 cm³/mol. The minimum Gasteiger partial charge on any atom is -0.296 e. The third-order valence-corrected chi connectivity index (χ3v) is 7.70. The van der Waals surface area contributed by atoms with Crippen LogP contribution >= 0.6 is 11.3 Å². The van der Waals surface area contributed by atoms with E-state index in [0.717, 1.165) is 17.8 Å². The van der Waals surface area contributed by atoms with E-state index in [2.05, 4.69) is 22.4 Å². The highest BCUT2D eigenvalue weighted by Crippen LogP contribution is 2.25. The molecule has 146 valence electrons. The zero-order chi connectivity index (χ0) is 19.6. The predicted octanol–water partition coefficient (Wildman–Crippen LogP) is 3.33. The van der Waals surface area contributed by atoms with E-state index < -0.39 is 10.0 Å². The first-order chi connectivity index (χ1) is 12.8. The van der Waals surface area contributed by atoms with Gasteiger partial charge in [0.1, 0.15) is 5.01 Å². The molecule has 0 bridgehead atoms. The summed E-state index contributed by atoms with van der Waals surface area (Å²) >= 11 is 1.33. The maximum atomic E-state index is 12.7. The Kier molecular flexibility index (Phi) is 5.92. The van der Waals surface area contributed by atoms with Gasteiger partial charge in [0.15, 0.2) is 0 Å². The van der Waals surface area contributed by atoms with E-state index in [1.54, 1.807) is 0 Å². The first-order valence-electron chi connectivity index (χ1n) is 9.02. The number of hydrogen-bond acceptors (Lipinski definition) is 6. The van der Waals surface area contributed by atoms with Crippen LogP contribution in [0.15, 0.2) is 29.2 Å². The molecule has 0 saturated carbocycles. The van der Waals surface area contributed by atoms with Crippen LogP contribution in [0.4, 0.5) is 5.13 Å². The van der Waals surface area contributed by atoms with Gasteiger partial charge in [-0.3, -0.25) is 10.1 Å². The Morgan fingerprint density at radius 3 is 2.37 bits per heavy atom. The minimum atomic E-state index is -3.51. The molecule has 27 heavy (non-hydrogen) atoms. The van der Waals surface area contributed by atoms with Gasteiger partial charge in [-0.15, -0.1) is 10.2 Å². The first-order valence-corrected chi connectivity index (χ1v) is 11.3. The molecule has 1 N–H and O–H groups in total. The fourth-order valence-electron chi connectivity index (χ4n) is 2.84. The summed E-state index contributed by atoms with van der Waals surface area (Å²) < 4.78 is 27.0. The molecule has 1 aromatic heterocycles. The number of piperidine rings is 1. The average molecular weight is 409 g/mol. The average Bonchev–Trinajstić information content (AvgIpc) is 3.11. The van der Waals surface area contributed by atoms with Crippen LogP contribution in [-0.4, -0.2) is 41.9 Å². The van der Waals surface area contributed by atoms with Crippen molar-refractivity contribution in [1.82, 2.24) is 14.5 Å². The van der Waals surface area contributed by atoms with E-state index in [1.807, 2.05) is 13.8 Å². The van der Waals surface area contributed by atoms with Crippen LogP contribution in [0.5, 0.6) is 0 Å². The standard InChI is InChI=1S/C18H24N4O3S2/c1-12(2)17-20-21-18(26-17)19-16(23)14-4-6-15(7-5-14)27(24,25)22-10-8-13(3)9-11-22/h4-7,12-13H,8-11H2,1-3H3,(H,19,21,23). The van der Waals surface area contributed by atoms with Gasteiger partial charge in [0, 0.05) is 24.6 Å². The molecule has 1 fully saturated rings. The number of sulfonamides is 1. The van der Waals surface area contributed by atoms with Crippen molar-refractivity contribution in [3.05, 3.63) is 34.8 Å². The number of anilines is 1. The smallest absolute Gasteiger partial charge is 0.257 e. The van der Waals surface area contributed by atoms with Gasteiger partial charge in [0.2, 0.25) is 15.2 Å². The van der Waals surface area contributed by atoms with Crippen molar-refractivity contribution in [2.24, 2.45) is 5.92 Å².